The van der Waals surface area contributed by atoms with E-state index in [1.54, 1.807) is 0 Å². The maximum absolute atomic E-state index is 13.5. The van der Waals surface area contributed by atoms with Crippen LogP contribution in [0.2, 0.25) is 5.02 Å². The fourth-order valence-corrected chi connectivity index (χ4v) is 2.43. The summed E-state index contributed by atoms with van der Waals surface area (Å²) in [6, 6.07) is 9.37. The minimum atomic E-state index is -3.76. The van der Waals surface area contributed by atoms with Crippen LogP contribution in [0.5, 0.6) is 0 Å². The van der Waals surface area contributed by atoms with Crippen LogP contribution in [0.25, 0.3) is 0 Å². The number of benzene rings is 2. The van der Waals surface area contributed by atoms with Gasteiger partial charge in [0.25, 0.3) is 5.91 Å². The molecule has 0 unspecified atom stereocenters. The molecule has 0 aliphatic heterocycles. The molecule has 0 bridgehead atoms. The van der Waals surface area contributed by atoms with Crippen LogP contribution in [0.3, 0.4) is 0 Å². The molecule has 0 saturated carbocycles. The van der Waals surface area contributed by atoms with Gasteiger partial charge in [-0.1, -0.05) is 23.7 Å². The molecule has 0 heterocycles. The highest BCUT2D eigenvalue weighted by atomic mass is 35.5. The maximum Gasteiger partial charge on any atom is 0.254 e. The quantitative estimate of drug-likeness (QED) is 0.891. The molecule has 2 aromatic rings. The standard InChI is InChI=1S/C14H12ClFN2O3S/c15-10-3-6-13(16)12(7-10)14(19)18-8-9-1-4-11(5-2-9)22(17,20)21/h1-7H,8H2,(H,18,19)(H2,17,20,21). The zero-order chi connectivity index (χ0) is 16.3. The number of sulfonamides is 1. The lowest BCUT2D eigenvalue weighted by Gasteiger charge is -2.07. The first-order valence-electron chi connectivity index (χ1n) is 6.12. The third-order valence-electron chi connectivity index (χ3n) is 2.88. The van der Waals surface area contributed by atoms with E-state index in [2.05, 4.69) is 5.32 Å². The van der Waals surface area contributed by atoms with Gasteiger partial charge in [0.1, 0.15) is 5.82 Å². The van der Waals surface area contributed by atoms with E-state index < -0.39 is 21.7 Å². The molecule has 22 heavy (non-hydrogen) atoms. The van der Waals surface area contributed by atoms with Crippen LogP contribution in [-0.2, 0) is 16.6 Å². The number of amides is 1. The van der Waals surface area contributed by atoms with Crippen molar-refractivity contribution < 1.29 is 17.6 Å². The number of rotatable bonds is 4. The Kier molecular flexibility index (Phi) is 4.80. The zero-order valence-electron chi connectivity index (χ0n) is 11.2. The highest BCUT2D eigenvalue weighted by molar-refractivity contribution is 7.89. The summed E-state index contributed by atoms with van der Waals surface area (Å²) in [4.78, 5) is 11.9. The molecule has 0 fully saturated rings. The molecule has 2 rings (SSSR count). The van der Waals surface area contributed by atoms with Crippen LogP contribution < -0.4 is 10.5 Å². The number of carbonyl (C=O) groups excluding carboxylic acids is 1. The fourth-order valence-electron chi connectivity index (χ4n) is 1.75. The summed E-state index contributed by atoms with van der Waals surface area (Å²) in [5.74, 6) is -1.29. The van der Waals surface area contributed by atoms with Crippen molar-refractivity contribution in [3.63, 3.8) is 0 Å². The summed E-state index contributed by atoms with van der Waals surface area (Å²) in [5, 5.41) is 7.76. The second-order valence-corrected chi connectivity index (χ2v) is 6.49. The predicted octanol–water partition coefficient (Wildman–Crippen LogP) is 2.06. The molecule has 3 N–H and O–H groups in total. The first-order valence-corrected chi connectivity index (χ1v) is 8.05. The molecule has 116 valence electrons. The van der Waals surface area contributed by atoms with Gasteiger partial charge in [0.15, 0.2) is 0 Å². The van der Waals surface area contributed by atoms with Crippen molar-refractivity contribution in [2.24, 2.45) is 5.14 Å². The van der Waals surface area contributed by atoms with Gasteiger partial charge in [-0.05, 0) is 35.9 Å². The molecular formula is C14H12ClFN2O3S. The normalized spacial score (nSPS) is 11.2. The van der Waals surface area contributed by atoms with E-state index >= 15 is 0 Å². The van der Waals surface area contributed by atoms with E-state index in [0.717, 1.165) is 6.07 Å². The van der Waals surface area contributed by atoms with E-state index in [0.29, 0.717) is 5.56 Å². The summed E-state index contributed by atoms with van der Waals surface area (Å²) in [6.07, 6.45) is 0. The Morgan fingerprint density at radius 2 is 1.82 bits per heavy atom. The van der Waals surface area contributed by atoms with E-state index in [-0.39, 0.29) is 22.0 Å². The largest absolute Gasteiger partial charge is 0.348 e. The van der Waals surface area contributed by atoms with E-state index in [9.17, 15) is 17.6 Å². The highest BCUT2D eigenvalue weighted by Gasteiger charge is 2.12. The lowest BCUT2D eigenvalue weighted by molar-refractivity contribution is 0.0947. The van der Waals surface area contributed by atoms with Gasteiger partial charge in [0.05, 0.1) is 10.5 Å². The van der Waals surface area contributed by atoms with Crippen LogP contribution in [0, 0.1) is 5.82 Å². The topological polar surface area (TPSA) is 89.3 Å². The SMILES string of the molecule is NS(=O)(=O)c1ccc(CNC(=O)c2cc(Cl)ccc2F)cc1. The highest BCUT2D eigenvalue weighted by Crippen LogP contribution is 2.15. The van der Waals surface area contributed by atoms with E-state index in [4.69, 9.17) is 16.7 Å². The number of primary sulfonamides is 1. The van der Waals surface area contributed by atoms with Crippen LogP contribution in [0.15, 0.2) is 47.4 Å². The predicted molar refractivity (Wildman–Crippen MR) is 80.4 cm³/mol. The molecule has 0 radical (unpaired) electrons. The Hall–Kier alpha value is -1.96. The second-order valence-electron chi connectivity index (χ2n) is 4.50. The Morgan fingerprint density at radius 3 is 2.41 bits per heavy atom. The molecule has 8 heteroatoms. The van der Waals surface area contributed by atoms with Crippen LogP contribution >= 0.6 is 11.6 Å². The van der Waals surface area contributed by atoms with Crippen molar-refractivity contribution in [2.75, 3.05) is 0 Å². The number of nitrogens with two attached hydrogens (primary N) is 1. The summed E-state index contributed by atoms with van der Waals surface area (Å²) < 4.78 is 35.8. The molecule has 0 spiro atoms. The minimum absolute atomic E-state index is 0.0246. The Morgan fingerprint density at radius 1 is 1.18 bits per heavy atom. The third kappa shape index (κ3) is 4.03. The van der Waals surface area contributed by atoms with Gasteiger partial charge < -0.3 is 5.32 Å². The van der Waals surface area contributed by atoms with Crippen molar-refractivity contribution in [3.8, 4) is 0 Å². The first-order chi connectivity index (χ1) is 10.3. The van der Waals surface area contributed by atoms with Gasteiger partial charge in [-0.15, -0.1) is 0 Å². The minimum Gasteiger partial charge on any atom is -0.348 e. The van der Waals surface area contributed by atoms with Gasteiger partial charge >= 0.3 is 0 Å². The molecule has 5 nitrogen and oxygen atoms in total. The number of carbonyl (C=O) groups is 1. The molecular weight excluding hydrogens is 331 g/mol. The monoisotopic (exact) mass is 342 g/mol. The first kappa shape index (κ1) is 16.4. The van der Waals surface area contributed by atoms with Gasteiger partial charge in [0.2, 0.25) is 10.0 Å². The van der Waals surface area contributed by atoms with Crippen LogP contribution in [-0.4, -0.2) is 14.3 Å². The molecule has 0 aliphatic rings. The third-order valence-corrected chi connectivity index (χ3v) is 4.04. The molecule has 0 aliphatic carbocycles. The van der Waals surface area contributed by atoms with Crippen LogP contribution in [0.1, 0.15) is 15.9 Å². The fraction of sp³-hybridized carbons (Fsp3) is 0.0714. The molecule has 0 aromatic heterocycles. The van der Waals surface area contributed by atoms with Crippen molar-refractivity contribution in [1.82, 2.24) is 5.32 Å². The summed E-state index contributed by atoms with van der Waals surface area (Å²) in [6.45, 7) is 0.107. The number of nitrogens with one attached hydrogen (secondary N) is 1. The number of hydrogen-bond donors (Lipinski definition) is 2. The average molecular weight is 343 g/mol. The lowest BCUT2D eigenvalue weighted by atomic mass is 10.2. The van der Waals surface area contributed by atoms with Crippen molar-refractivity contribution >= 4 is 27.5 Å². The zero-order valence-corrected chi connectivity index (χ0v) is 12.8. The van der Waals surface area contributed by atoms with E-state index in [1.807, 2.05) is 0 Å². The van der Waals surface area contributed by atoms with Crippen molar-refractivity contribution in [1.29, 1.82) is 0 Å². The van der Waals surface area contributed by atoms with Crippen LogP contribution in [0.4, 0.5) is 4.39 Å². The molecule has 0 atom stereocenters. The Labute approximate surface area is 131 Å². The summed E-state index contributed by atoms with van der Waals surface area (Å²) in [5.41, 5.74) is 0.483. The summed E-state index contributed by atoms with van der Waals surface area (Å²) in [7, 11) is -3.76. The Bertz CT molecular complexity index is 807. The maximum atomic E-state index is 13.5. The number of hydrogen-bond acceptors (Lipinski definition) is 3. The molecule has 1 amide bonds. The smallest absolute Gasteiger partial charge is 0.254 e. The summed E-state index contributed by atoms with van der Waals surface area (Å²) >= 11 is 5.72. The van der Waals surface area contributed by atoms with E-state index in [1.165, 1.54) is 36.4 Å². The Balaban J connectivity index is 2.07. The van der Waals surface area contributed by atoms with Gasteiger partial charge in [-0.3, -0.25) is 4.79 Å². The average Bonchev–Trinajstić information content (AvgIpc) is 2.47. The van der Waals surface area contributed by atoms with Gasteiger partial charge in [-0.25, -0.2) is 17.9 Å². The number of halogens is 2. The van der Waals surface area contributed by atoms with Crippen molar-refractivity contribution in [3.05, 3.63) is 64.4 Å². The second kappa shape index (κ2) is 6.43. The van der Waals surface area contributed by atoms with Gasteiger partial charge in [-0.2, -0.15) is 0 Å². The van der Waals surface area contributed by atoms with Crippen molar-refractivity contribution in [2.45, 2.75) is 11.4 Å². The molecule has 2 aromatic carbocycles. The lowest BCUT2D eigenvalue weighted by Crippen LogP contribution is -2.24. The van der Waals surface area contributed by atoms with Gasteiger partial charge in [0, 0.05) is 11.6 Å². The molecule has 0 saturated heterocycles.